The van der Waals surface area contributed by atoms with Crippen LogP contribution in [0.4, 0.5) is 0 Å². The highest BCUT2D eigenvalue weighted by Gasteiger charge is 2.23. The van der Waals surface area contributed by atoms with Gasteiger partial charge in [0.25, 0.3) is 0 Å². The summed E-state index contributed by atoms with van der Waals surface area (Å²) in [6.45, 7) is 4.72. The third kappa shape index (κ3) is 3.56. The quantitative estimate of drug-likeness (QED) is 0.707. The Kier molecular flexibility index (Phi) is 4.35. The lowest BCUT2D eigenvalue weighted by molar-refractivity contribution is 0.0692. The van der Waals surface area contributed by atoms with Crippen molar-refractivity contribution in [1.29, 1.82) is 0 Å². The lowest BCUT2D eigenvalue weighted by atomic mass is 10.0. The molecule has 0 fully saturated rings. The van der Waals surface area contributed by atoms with E-state index >= 15 is 0 Å². The zero-order valence-corrected chi connectivity index (χ0v) is 14.7. The highest BCUT2D eigenvalue weighted by Crippen LogP contribution is 2.23. The van der Waals surface area contributed by atoms with Gasteiger partial charge in [0.2, 0.25) is 0 Å². The molecule has 3 aromatic rings. The molecule has 1 aliphatic rings. The number of ether oxygens (including phenoxy) is 1. The molecular weight excluding hydrogens is 330 g/mol. The lowest BCUT2D eigenvalue weighted by Crippen LogP contribution is -2.18. The Hall–Kier alpha value is -3.22. The molecule has 3 heterocycles. The number of aryl methyl sites for hydroxylation is 2. The van der Waals surface area contributed by atoms with E-state index in [9.17, 15) is 0 Å². The monoisotopic (exact) mass is 349 g/mol. The Morgan fingerprint density at radius 1 is 1.15 bits per heavy atom. The molecule has 0 N–H and O–H groups in total. The van der Waals surface area contributed by atoms with Gasteiger partial charge in [-0.1, -0.05) is 17.3 Å². The highest BCUT2D eigenvalue weighted by molar-refractivity contribution is 6.01. The van der Waals surface area contributed by atoms with E-state index in [-0.39, 0.29) is 6.10 Å². The highest BCUT2D eigenvalue weighted by atomic mass is 16.6. The SMILES string of the molecule is Cc1cc(C)n(C[C@H]2CC(c3cccc(Oc4ncccn4)c3)=NO2)n1. The predicted molar refractivity (Wildman–Crippen MR) is 96.3 cm³/mol. The van der Waals surface area contributed by atoms with Crippen LogP contribution in [0.2, 0.25) is 0 Å². The molecule has 0 aliphatic carbocycles. The first kappa shape index (κ1) is 16.3. The van der Waals surface area contributed by atoms with E-state index in [2.05, 4.69) is 26.3 Å². The maximum absolute atomic E-state index is 5.69. The minimum absolute atomic E-state index is 0.0231. The van der Waals surface area contributed by atoms with Crippen LogP contribution in [0.1, 0.15) is 23.4 Å². The van der Waals surface area contributed by atoms with Crippen molar-refractivity contribution in [2.75, 3.05) is 0 Å². The molecule has 4 rings (SSSR count). The molecular formula is C19H19N5O2. The van der Waals surface area contributed by atoms with Crippen LogP contribution in [0.3, 0.4) is 0 Å². The predicted octanol–water partition coefficient (Wildman–Crippen LogP) is 3.28. The van der Waals surface area contributed by atoms with Gasteiger partial charge in [0.05, 0.1) is 18.0 Å². The molecule has 1 atom stereocenters. The molecule has 0 saturated heterocycles. The van der Waals surface area contributed by atoms with Gasteiger partial charge in [0.1, 0.15) is 5.75 Å². The molecule has 0 bridgehead atoms. The van der Waals surface area contributed by atoms with Gasteiger partial charge in [0, 0.05) is 30.1 Å². The third-order valence-electron chi connectivity index (χ3n) is 4.13. The Morgan fingerprint density at radius 2 is 2.00 bits per heavy atom. The van der Waals surface area contributed by atoms with Crippen molar-refractivity contribution in [3.05, 3.63) is 65.7 Å². The lowest BCUT2D eigenvalue weighted by Gasteiger charge is -2.10. The number of benzene rings is 1. The Bertz CT molecular complexity index is 936. The van der Waals surface area contributed by atoms with E-state index in [1.807, 2.05) is 42.8 Å². The summed E-state index contributed by atoms with van der Waals surface area (Å²) in [7, 11) is 0. The molecule has 2 aromatic heterocycles. The molecule has 26 heavy (non-hydrogen) atoms. The number of hydrogen-bond donors (Lipinski definition) is 0. The first-order valence-electron chi connectivity index (χ1n) is 8.46. The third-order valence-corrected chi connectivity index (χ3v) is 4.13. The van der Waals surface area contributed by atoms with Crippen LogP contribution in [-0.2, 0) is 11.4 Å². The summed E-state index contributed by atoms with van der Waals surface area (Å²) < 4.78 is 7.65. The van der Waals surface area contributed by atoms with Crippen LogP contribution in [-0.4, -0.2) is 31.6 Å². The van der Waals surface area contributed by atoms with E-state index in [0.29, 0.717) is 18.3 Å². The Balaban J connectivity index is 1.43. The zero-order valence-electron chi connectivity index (χ0n) is 14.7. The van der Waals surface area contributed by atoms with Gasteiger partial charge in [0.15, 0.2) is 6.10 Å². The maximum Gasteiger partial charge on any atom is 0.321 e. The average molecular weight is 349 g/mol. The normalized spacial score (nSPS) is 16.2. The fourth-order valence-corrected chi connectivity index (χ4v) is 2.93. The largest absolute Gasteiger partial charge is 0.424 e. The smallest absolute Gasteiger partial charge is 0.321 e. The summed E-state index contributed by atoms with van der Waals surface area (Å²) in [5, 5.41) is 8.74. The zero-order chi connectivity index (χ0) is 17.9. The van der Waals surface area contributed by atoms with Gasteiger partial charge in [-0.2, -0.15) is 5.10 Å². The Morgan fingerprint density at radius 3 is 2.77 bits per heavy atom. The molecule has 132 valence electrons. The second kappa shape index (κ2) is 6.95. The van der Waals surface area contributed by atoms with Gasteiger partial charge >= 0.3 is 6.01 Å². The van der Waals surface area contributed by atoms with Crippen molar-refractivity contribution in [3.8, 4) is 11.8 Å². The van der Waals surface area contributed by atoms with E-state index in [0.717, 1.165) is 29.1 Å². The Labute approximate surface area is 151 Å². The molecule has 0 radical (unpaired) electrons. The molecule has 0 spiro atoms. The van der Waals surface area contributed by atoms with Crippen LogP contribution in [0, 0.1) is 13.8 Å². The summed E-state index contributed by atoms with van der Waals surface area (Å²) in [5.41, 5.74) is 4.00. The molecule has 0 amide bonds. The molecule has 7 nitrogen and oxygen atoms in total. The summed E-state index contributed by atoms with van der Waals surface area (Å²) in [6.07, 6.45) is 3.99. The van der Waals surface area contributed by atoms with E-state index in [4.69, 9.17) is 9.57 Å². The first-order valence-corrected chi connectivity index (χ1v) is 8.46. The summed E-state index contributed by atoms with van der Waals surface area (Å²) >= 11 is 0. The second-order valence-electron chi connectivity index (χ2n) is 6.24. The number of nitrogens with zero attached hydrogens (tertiary/aromatic N) is 5. The standard InChI is InChI=1S/C19H19N5O2/c1-13-9-14(2)24(22-13)12-17-11-18(23-26-17)15-5-3-6-16(10-15)25-19-20-7-4-8-21-19/h3-10,17H,11-12H2,1-2H3/t17-/m1/s1. The van der Waals surface area contributed by atoms with Crippen molar-refractivity contribution in [2.45, 2.75) is 32.9 Å². The molecule has 1 aromatic carbocycles. The van der Waals surface area contributed by atoms with Gasteiger partial charge in [-0.25, -0.2) is 9.97 Å². The van der Waals surface area contributed by atoms with Crippen LogP contribution < -0.4 is 4.74 Å². The average Bonchev–Trinajstić information content (AvgIpc) is 3.23. The van der Waals surface area contributed by atoms with E-state index < -0.39 is 0 Å². The van der Waals surface area contributed by atoms with Crippen molar-refractivity contribution in [3.63, 3.8) is 0 Å². The van der Waals surface area contributed by atoms with Gasteiger partial charge in [-0.15, -0.1) is 0 Å². The van der Waals surface area contributed by atoms with Crippen molar-refractivity contribution >= 4 is 5.71 Å². The molecule has 0 saturated carbocycles. The maximum atomic E-state index is 5.69. The van der Waals surface area contributed by atoms with Gasteiger partial charge in [-0.3, -0.25) is 4.68 Å². The summed E-state index contributed by atoms with van der Waals surface area (Å²) in [6, 6.07) is 11.8. The van der Waals surface area contributed by atoms with Crippen molar-refractivity contribution in [2.24, 2.45) is 5.16 Å². The van der Waals surface area contributed by atoms with Gasteiger partial charge < -0.3 is 9.57 Å². The summed E-state index contributed by atoms with van der Waals surface area (Å²) in [5.74, 6) is 0.665. The number of hydrogen-bond acceptors (Lipinski definition) is 6. The summed E-state index contributed by atoms with van der Waals surface area (Å²) in [4.78, 5) is 13.8. The topological polar surface area (TPSA) is 74.4 Å². The number of oxime groups is 1. The van der Waals surface area contributed by atoms with Crippen LogP contribution in [0.15, 0.2) is 53.9 Å². The van der Waals surface area contributed by atoms with Crippen LogP contribution >= 0.6 is 0 Å². The number of rotatable bonds is 5. The molecule has 1 aliphatic heterocycles. The van der Waals surface area contributed by atoms with Crippen LogP contribution in [0.25, 0.3) is 0 Å². The van der Waals surface area contributed by atoms with E-state index in [1.54, 1.807) is 18.5 Å². The number of aromatic nitrogens is 4. The molecule has 0 unspecified atom stereocenters. The minimum Gasteiger partial charge on any atom is -0.424 e. The van der Waals surface area contributed by atoms with Crippen molar-refractivity contribution < 1.29 is 9.57 Å². The minimum atomic E-state index is -0.0231. The fraction of sp³-hybridized carbons (Fsp3) is 0.263. The fourth-order valence-electron chi connectivity index (χ4n) is 2.93. The first-order chi connectivity index (χ1) is 12.7. The van der Waals surface area contributed by atoms with E-state index in [1.165, 1.54) is 0 Å². The van der Waals surface area contributed by atoms with Crippen molar-refractivity contribution in [1.82, 2.24) is 19.7 Å². The van der Waals surface area contributed by atoms with Crippen LogP contribution in [0.5, 0.6) is 11.8 Å². The second-order valence-corrected chi connectivity index (χ2v) is 6.24. The van der Waals surface area contributed by atoms with Gasteiger partial charge in [-0.05, 0) is 38.1 Å². The molecule has 7 heteroatoms.